The van der Waals surface area contributed by atoms with Crippen LogP contribution >= 0.6 is 0 Å². The molecule has 0 amide bonds. The predicted molar refractivity (Wildman–Crippen MR) is 196 cm³/mol. The van der Waals surface area contributed by atoms with Gasteiger partial charge in [-0.15, -0.1) is 0 Å². The van der Waals surface area contributed by atoms with Crippen molar-refractivity contribution in [3.8, 4) is 16.8 Å². The number of nitrogens with zero attached hydrogens (tertiary/aromatic N) is 2. The van der Waals surface area contributed by atoms with Crippen molar-refractivity contribution in [2.45, 2.75) is 0 Å². The summed E-state index contributed by atoms with van der Waals surface area (Å²) >= 11 is 0. The minimum atomic E-state index is 1.11. The largest absolute Gasteiger partial charge is 0.311 e. The molecule has 2 heteroatoms. The first-order valence-corrected chi connectivity index (χ1v) is 15.8. The van der Waals surface area contributed by atoms with Gasteiger partial charge >= 0.3 is 0 Å². The van der Waals surface area contributed by atoms with E-state index < -0.39 is 0 Å². The van der Waals surface area contributed by atoms with Crippen LogP contribution < -0.4 is 4.90 Å². The minimum Gasteiger partial charge on any atom is -0.311 e. The summed E-state index contributed by atoms with van der Waals surface area (Å²) in [5.41, 5.74) is 9.38. The maximum Gasteiger partial charge on any atom is 0.0547 e. The zero-order valence-corrected chi connectivity index (χ0v) is 25.2. The van der Waals surface area contributed by atoms with Crippen LogP contribution in [0, 0.1) is 0 Å². The zero-order valence-electron chi connectivity index (χ0n) is 25.2. The van der Waals surface area contributed by atoms with Crippen LogP contribution in [0.1, 0.15) is 0 Å². The molecule has 1 aromatic heterocycles. The second kappa shape index (κ2) is 10.8. The van der Waals surface area contributed by atoms with Gasteiger partial charge in [0.2, 0.25) is 0 Å². The van der Waals surface area contributed by atoms with Crippen molar-refractivity contribution >= 4 is 60.4 Å². The Hall–Kier alpha value is -6.12. The fourth-order valence-corrected chi connectivity index (χ4v) is 6.98. The molecular formula is C44H30N2. The Bertz CT molecular complexity index is 2500. The molecule has 0 N–H and O–H groups in total. The van der Waals surface area contributed by atoms with Crippen LogP contribution in [-0.4, -0.2) is 4.57 Å². The molecular weight excluding hydrogens is 556 g/mol. The SMILES string of the molecule is c1ccc(N(c2ccc(-c3cccc4ccccc34)cc2)c2ccc(-n3c4ccccc4c4cc5ccccc5cc43)cc2)cc1. The third kappa shape index (κ3) is 4.35. The third-order valence-corrected chi connectivity index (χ3v) is 9.15. The molecule has 0 saturated carbocycles. The Labute approximate surface area is 268 Å². The molecule has 1 heterocycles. The van der Waals surface area contributed by atoms with Crippen LogP contribution in [0.2, 0.25) is 0 Å². The number of rotatable bonds is 5. The van der Waals surface area contributed by atoms with E-state index in [-0.39, 0.29) is 0 Å². The first-order chi connectivity index (χ1) is 22.8. The molecule has 0 unspecified atom stereocenters. The van der Waals surface area contributed by atoms with Gasteiger partial charge in [-0.25, -0.2) is 0 Å². The van der Waals surface area contributed by atoms with Crippen LogP contribution in [0.4, 0.5) is 17.1 Å². The Morgan fingerprint density at radius 2 is 0.913 bits per heavy atom. The zero-order chi connectivity index (χ0) is 30.5. The predicted octanol–water partition coefficient (Wildman–Crippen LogP) is 12.2. The summed E-state index contributed by atoms with van der Waals surface area (Å²) in [6, 6.07) is 65.6. The highest BCUT2D eigenvalue weighted by atomic mass is 15.1. The number of fused-ring (bicyclic) bond motifs is 5. The number of anilines is 3. The van der Waals surface area contributed by atoms with E-state index in [9.17, 15) is 0 Å². The van der Waals surface area contributed by atoms with E-state index in [1.54, 1.807) is 0 Å². The van der Waals surface area contributed by atoms with E-state index in [4.69, 9.17) is 0 Å². The minimum absolute atomic E-state index is 1.11. The van der Waals surface area contributed by atoms with Gasteiger partial charge in [0.25, 0.3) is 0 Å². The third-order valence-electron chi connectivity index (χ3n) is 9.15. The van der Waals surface area contributed by atoms with Crippen molar-refractivity contribution in [2.24, 2.45) is 0 Å². The van der Waals surface area contributed by atoms with Crippen LogP contribution in [0.15, 0.2) is 182 Å². The number of para-hydroxylation sites is 2. The van der Waals surface area contributed by atoms with Crippen molar-refractivity contribution in [1.82, 2.24) is 4.57 Å². The van der Waals surface area contributed by atoms with E-state index in [1.165, 1.54) is 54.5 Å². The van der Waals surface area contributed by atoms with Gasteiger partial charge < -0.3 is 9.47 Å². The average Bonchev–Trinajstić information content (AvgIpc) is 3.45. The fourth-order valence-electron chi connectivity index (χ4n) is 6.98. The molecule has 0 spiro atoms. The molecule has 2 nitrogen and oxygen atoms in total. The number of hydrogen-bond donors (Lipinski definition) is 0. The molecule has 0 aliphatic carbocycles. The Kier molecular flexibility index (Phi) is 6.17. The second-order valence-electron chi connectivity index (χ2n) is 11.8. The summed E-state index contributed by atoms with van der Waals surface area (Å²) in [5, 5.41) is 7.58. The molecule has 9 rings (SSSR count). The summed E-state index contributed by atoms with van der Waals surface area (Å²) in [4.78, 5) is 2.33. The van der Waals surface area contributed by atoms with E-state index in [0.717, 1.165) is 22.7 Å². The smallest absolute Gasteiger partial charge is 0.0547 e. The highest BCUT2D eigenvalue weighted by Gasteiger charge is 2.16. The monoisotopic (exact) mass is 586 g/mol. The molecule has 0 bridgehead atoms. The van der Waals surface area contributed by atoms with Gasteiger partial charge in [-0.3, -0.25) is 0 Å². The van der Waals surface area contributed by atoms with Crippen molar-refractivity contribution in [3.05, 3.63) is 182 Å². The second-order valence-corrected chi connectivity index (χ2v) is 11.8. The van der Waals surface area contributed by atoms with Gasteiger partial charge in [0.15, 0.2) is 0 Å². The van der Waals surface area contributed by atoms with Gasteiger partial charge in [0, 0.05) is 33.5 Å². The van der Waals surface area contributed by atoms with Gasteiger partial charge in [-0.1, -0.05) is 115 Å². The lowest BCUT2D eigenvalue weighted by atomic mass is 9.98. The maximum absolute atomic E-state index is 2.40. The summed E-state index contributed by atoms with van der Waals surface area (Å²) < 4.78 is 2.40. The molecule has 216 valence electrons. The van der Waals surface area contributed by atoms with Gasteiger partial charge in [0.1, 0.15) is 0 Å². The normalized spacial score (nSPS) is 11.5. The van der Waals surface area contributed by atoms with Crippen molar-refractivity contribution in [3.63, 3.8) is 0 Å². The van der Waals surface area contributed by atoms with Gasteiger partial charge in [-0.2, -0.15) is 0 Å². The van der Waals surface area contributed by atoms with E-state index in [1.807, 2.05) is 0 Å². The average molecular weight is 587 g/mol. The quantitative estimate of drug-likeness (QED) is 0.195. The van der Waals surface area contributed by atoms with E-state index in [2.05, 4.69) is 191 Å². The molecule has 0 atom stereocenters. The van der Waals surface area contributed by atoms with Crippen LogP contribution in [0.3, 0.4) is 0 Å². The van der Waals surface area contributed by atoms with E-state index in [0.29, 0.717) is 0 Å². The molecule has 0 aliphatic rings. The molecule has 0 fully saturated rings. The summed E-state index contributed by atoms with van der Waals surface area (Å²) in [5.74, 6) is 0. The number of hydrogen-bond acceptors (Lipinski definition) is 1. The highest BCUT2D eigenvalue weighted by Crippen LogP contribution is 2.39. The Balaban J connectivity index is 1.15. The Morgan fingerprint density at radius 1 is 0.348 bits per heavy atom. The van der Waals surface area contributed by atoms with Gasteiger partial charge in [-0.05, 0) is 99.4 Å². The topological polar surface area (TPSA) is 8.17 Å². The summed E-state index contributed by atoms with van der Waals surface area (Å²) in [6.07, 6.45) is 0. The molecule has 0 saturated heterocycles. The molecule has 9 aromatic rings. The lowest BCUT2D eigenvalue weighted by Gasteiger charge is -2.26. The van der Waals surface area contributed by atoms with Crippen LogP contribution in [-0.2, 0) is 0 Å². The molecule has 0 aliphatic heterocycles. The van der Waals surface area contributed by atoms with Crippen molar-refractivity contribution in [1.29, 1.82) is 0 Å². The van der Waals surface area contributed by atoms with E-state index >= 15 is 0 Å². The molecule has 46 heavy (non-hydrogen) atoms. The standard InChI is InChI=1S/C44H30N2/c1-2-15-35(16-3-1)45(36-23-21-32(22-24-36)40-19-10-14-31-11-6-7-17-39(31)40)37-25-27-38(28-26-37)46-43-20-9-8-18-41(43)42-29-33-12-4-5-13-34(33)30-44(42)46/h1-30H. The van der Waals surface area contributed by atoms with Crippen molar-refractivity contribution in [2.75, 3.05) is 4.90 Å². The first-order valence-electron chi connectivity index (χ1n) is 15.8. The van der Waals surface area contributed by atoms with Crippen LogP contribution in [0.5, 0.6) is 0 Å². The van der Waals surface area contributed by atoms with Crippen LogP contribution in [0.25, 0.3) is 60.2 Å². The first kappa shape index (κ1) is 26.3. The maximum atomic E-state index is 2.40. The number of aromatic nitrogens is 1. The lowest BCUT2D eigenvalue weighted by Crippen LogP contribution is -2.10. The lowest BCUT2D eigenvalue weighted by molar-refractivity contribution is 1.17. The highest BCUT2D eigenvalue weighted by molar-refractivity contribution is 6.13. The molecule has 0 radical (unpaired) electrons. The summed E-state index contributed by atoms with van der Waals surface area (Å²) in [6.45, 7) is 0. The van der Waals surface area contributed by atoms with Crippen molar-refractivity contribution < 1.29 is 0 Å². The van der Waals surface area contributed by atoms with Gasteiger partial charge in [0.05, 0.1) is 11.0 Å². The fraction of sp³-hybridized carbons (Fsp3) is 0. The number of benzene rings is 8. The Morgan fingerprint density at radius 3 is 1.67 bits per heavy atom. The summed E-state index contributed by atoms with van der Waals surface area (Å²) in [7, 11) is 0. The molecule has 8 aromatic carbocycles.